The van der Waals surface area contributed by atoms with Crippen LogP contribution in [0.1, 0.15) is 5.56 Å². The quantitative estimate of drug-likeness (QED) is 0.596. The molecule has 0 amide bonds. The molecule has 9 heteroatoms. The zero-order valence-corrected chi connectivity index (χ0v) is 18.5. The minimum Gasteiger partial charge on any atom is -0.297 e. The van der Waals surface area contributed by atoms with Gasteiger partial charge in [0.1, 0.15) is 13.6 Å². The molecule has 1 aliphatic heterocycles. The van der Waals surface area contributed by atoms with Crippen molar-refractivity contribution in [2.75, 3.05) is 32.7 Å². The molecule has 26 heavy (non-hydrogen) atoms. The molecular formula is C17H17BrCl2N2O2S2. The summed E-state index contributed by atoms with van der Waals surface area (Å²) in [6, 6.07) is 10.1. The maximum atomic E-state index is 12.9. The van der Waals surface area contributed by atoms with Crippen LogP contribution in [-0.4, -0.2) is 50.3 Å². The Labute approximate surface area is 176 Å². The molecule has 3 rings (SSSR count). The van der Waals surface area contributed by atoms with Crippen LogP contribution in [0.2, 0.25) is 8.67 Å². The van der Waals surface area contributed by atoms with E-state index in [1.54, 1.807) is 0 Å². The van der Waals surface area contributed by atoms with Gasteiger partial charge in [-0.25, -0.2) is 8.42 Å². The molecule has 2 aromatic rings. The van der Waals surface area contributed by atoms with Gasteiger partial charge in [0.2, 0.25) is 10.0 Å². The molecule has 0 atom stereocenters. The number of halogens is 3. The Bertz CT molecular complexity index is 893. The van der Waals surface area contributed by atoms with E-state index < -0.39 is 10.0 Å². The number of thiophene rings is 1. The Hall–Kier alpha value is -0.410. The van der Waals surface area contributed by atoms with E-state index in [9.17, 15) is 8.42 Å². The standard InChI is InChI=1S/C17H17BrCl2N2O2S2/c18-14-15(17(20)25-16(14)19)26(23,24)22-11-9-21(10-12-22)8-4-7-13-5-2-1-3-6-13/h1-7H,8-12H2. The first-order valence-electron chi connectivity index (χ1n) is 7.97. The first-order chi connectivity index (χ1) is 12.4. The Kier molecular flexibility index (Phi) is 6.83. The molecule has 0 spiro atoms. The van der Waals surface area contributed by atoms with Crippen LogP contribution >= 0.6 is 50.5 Å². The summed E-state index contributed by atoms with van der Waals surface area (Å²) in [6.45, 7) is 2.99. The number of rotatable bonds is 5. The second-order valence-electron chi connectivity index (χ2n) is 5.81. The van der Waals surface area contributed by atoms with Crippen molar-refractivity contribution in [3.63, 3.8) is 0 Å². The summed E-state index contributed by atoms with van der Waals surface area (Å²) in [5.41, 5.74) is 1.16. The zero-order valence-electron chi connectivity index (χ0n) is 13.7. The number of hydrogen-bond donors (Lipinski definition) is 0. The third-order valence-electron chi connectivity index (χ3n) is 4.13. The molecule has 1 saturated heterocycles. The highest BCUT2D eigenvalue weighted by molar-refractivity contribution is 9.10. The van der Waals surface area contributed by atoms with Crippen molar-refractivity contribution >= 4 is 66.6 Å². The summed E-state index contributed by atoms with van der Waals surface area (Å²) >= 11 is 16.4. The summed E-state index contributed by atoms with van der Waals surface area (Å²) in [6.07, 6.45) is 4.18. The number of sulfonamides is 1. The number of benzene rings is 1. The maximum absolute atomic E-state index is 12.9. The van der Waals surface area contributed by atoms with E-state index in [4.69, 9.17) is 23.2 Å². The van der Waals surface area contributed by atoms with E-state index in [0.29, 0.717) is 35.0 Å². The summed E-state index contributed by atoms with van der Waals surface area (Å²) in [5.74, 6) is 0. The molecule has 0 saturated carbocycles. The molecule has 1 aromatic carbocycles. The van der Waals surface area contributed by atoms with Crippen LogP contribution in [0.3, 0.4) is 0 Å². The molecule has 1 aliphatic rings. The van der Waals surface area contributed by atoms with Crippen molar-refractivity contribution in [2.45, 2.75) is 4.90 Å². The van der Waals surface area contributed by atoms with E-state index in [0.717, 1.165) is 23.4 Å². The van der Waals surface area contributed by atoms with Crippen molar-refractivity contribution in [1.29, 1.82) is 0 Å². The first-order valence-corrected chi connectivity index (χ1v) is 11.8. The average molecular weight is 496 g/mol. The fourth-order valence-electron chi connectivity index (χ4n) is 2.74. The fraction of sp³-hybridized carbons (Fsp3) is 0.294. The second-order valence-corrected chi connectivity index (χ2v) is 10.7. The Morgan fingerprint density at radius 3 is 2.31 bits per heavy atom. The third kappa shape index (κ3) is 4.52. The predicted molar refractivity (Wildman–Crippen MR) is 113 cm³/mol. The molecule has 0 bridgehead atoms. The van der Waals surface area contributed by atoms with Gasteiger partial charge in [0.05, 0.1) is 4.47 Å². The lowest BCUT2D eigenvalue weighted by molar-refractivity contribution is 0.204. The molecule has 4 nitrogen and oxygen atoms in total. The summed E-state index contributed by atoms with van der Waals surface area (Å²) in [5, 5.41) is 0. The first kappa shape index (κ1) is 20.3. The fourth-order valence-corrected chi connectivity index (χ4v) is 7.65. The van der Waals surface area contributed by atoms with E-state index in [1.807, 2.05) is 18.2 Å². The van der Waals surface area contributed by atoms with Crippen molar-refractivity contribution in [2.24, 2.45) is 0 Å². The molecule has 1 aromatic heterocycles. The minimum absolute atomic E-state index is 0.0755. The van der Waals surface area contributed by atoms with E-state index in [-0.39, 0.29) is 9.23 Å². The highest BCUT2D eigenvalue weighted by Gasteiger charge is 2.33. The monoisotopic (exact) mass is 494 g/mol. The molecular weight excluding hydrogens is 479 g/mol. The van der Waals surface area contributed by atoms with Gasteiger partial charge in [-0.2, -0.15) is 4.31 Å². The lowest BCUT2D eigenvalue weighted by Gasteiger charge is -2.33. The molecule has 0 aliphatic carbocycles. The average Bonchev–Trinajstić information content (AvgIpc) is 2.89. The molecule has 0 radical (unpaired) electrons. The van der Waals surface area contributed by atoms with Crippen LogP contribution in [0.4, 0.5) is 0 Å². The SMILES string of the molecule is O=S(=O)(c1c(Cl)sc(Cl)c1Br)N1CCN(CC=Cc2ccccc2)CC1. The molecule has 1 fully saturated rings. The van der Waals surface area contributed by atoms with Gasteiger partial charge in [0, 0.05) is 32.7 Å². The molecule has 0 unspecified atom stereocenters. The predicted octanol–water partition coefficient (Wildman–Crippen LogP) is 4.84. The Morgan fingerprint density at radius 2 is 1.73 bits per heavy atom. The number of nitrogens with zero attached hydrogens (tertiary/aromatic N) is 2. The van der Waals surface area contributed by atoms with Crippen LogP contribution in [0.15, 0.2) is 45.8 Å². The number of hydrogen-bond acceptors (Lipinski definition) is 4. The Morgan fingerprint density at radius 1 is 1.08 bits per heavy atom. The molecule has 140 valence electrons. The third-order valence-corrected chi connectivity index (χ3v) is 9.50. The van der Waals surface area contributed by atoms with Crippen molar-refractivity contribution in [1.82, 2.24) is 9.21 Å². The normalized spacial score (nSPS) is 17.2. The Balaban J connectivity index is 1.60. The molecule has 0 N–H and O–H groups in total. The van der Waals surface area contributed by atoms with Crippen LogP contribution < -0.4 is 0 Å². The van der Waals surface area contributed by atoms with Crippen LogP contribution in [0, 0.1) is 0 Å². The lowest BCUT2D eigenvalue weighted by atomic mass is 10.2. The number of piperazine rings is 1. The van der Waals surface area contributed by atoms with Gasteiger partial charge in [0.25, 0.3) is 0 Å². The zero-order chi connectivity index (χ0) is 18.7. The topological polar surface area (TPSA) is 40.6 Å². The largest absolute Gasteiger partial charge is 0.297 e. The van der Waals surface area contributed by atoms with Gasteiger partial charge < -0.3 is 0 Å². The van der Waals surface area contributed by atoms with Crippen molar-refractivity contribution < 1.29 is 8.42 Å². The van der Waals surface area contributed by atoms with Crippen LogP contribution in [0.5, 0.6) is 0 Å². The summed E-state index contributed by atoms with van der Waals surface area (Å²) in [4.78, 5) is 2.30. The van der Waals surface area contributed by atoms with Crippen LogP contribution in [0.25, 0.3) is 6.08 Å². The summed E-state index contributed by atoms with van der Waals surface area (Å²) < 4.78 is 28.1. The van der Waals surface area contributed by atoms with Crippen molar-refractivity contribution in [3.05, 3.63) is 55.1 Å². The van der Waals surface area contributed by atoms with Gasteiger partial charge in [0.15, 0.2) is 0 Å². The second kappa shape index (κ2) is 8.73. The lowest BCUT2D eigenvalue weighted by Crippen LogP contribution is -2.48. The highest BCUT2D eigenvalue weighted by atomic mass is 79.9. The smallest absolute Gasteiger partial charge is 0.246 e. The summed E-state index contributed by atoms with van der Waals surface area (Å²) in [7, 11) is -3.65. The minimum atomic E-state index is -3.65. The van der Waals surface area contributed by atoms with E-state index in [1.165, 1.54) is 4.31 Å². The highest BCUT2D eigenvalue weighted by Crippen LogP contribution is 2.44. The van der Waals surface area contributed by atoms with E-state index in [2.05, 4.69) is 45.1 Å². The van der Waals surface area contributed by atoms with E-state index >= 15 is 0 Å². The maximum Gasteiger partial charge on any atom is 0.246 e. The van der Waals surface area contributed by atoms with Gasteiger partial charge in [-0.05, 0) is 21.5 Å². The van der Waals surface area contributed by atoms with Gasteiger partial charge in [-0.3, -0.25) is 4.90 Å². The van der Waals surface area contributed by atoms with Gasteiger partial charge >= 0.3 is 0 Å². The van der Waals surface area contributed by atoms with Gasteiger partial charge in [-0.1, -0.05) is 65.7 Å². The molecule has 2 heterocycles. The van der Waals surface area contributed by atoms with Crippen molar-refractivity contribution in [3.8, 4) is 0 Å². The van der Waals surface area contributed by atoms with Gasteiger partial charge in [-0.15, -0.1) is 11.3 Å². The van der Waals surface area contributed by atoms with Crippen LogP contribution in [-0.2, 0) is 10.0 Å².